The van der Waals surface area contributed by atoms with Gasteiger partial charge in [0.1, 0.15) is 0 Å². The van der Waals surface area contributed by atoms with Gasteiger partial charge in [-0.25, -0.2) is 0 Å². The number of hydrogen-bond donors (Lipinski definition) is 3. The minimum atomic E-state index is -0.234. The zero-order valence-corrected chi connectivity index (χ0v) is 16.6. The molecule has 28 heavy (non-hydrogen) atoms. The minimum Gasteiger partial charge on any atom is -0.350 e. The molecular formula is C20H19N3O3S2. The largest absolute Gasteiger partial charge is 0.350 e. The second-order valence-corrected chi connectivity index (χ2v) is 7.85. The Morgan fingerprint density at radius 1 is 0.786 bits per heavy atom. The van der Waals surface area contributed by atoms with Crippen LogP contribution in [0.25, 0.3) is 0 Å². The molecule has 0 aliphatic carbocycles. The molecule has 0 unspecified atom stereocenters. The van der Waals surface area contributed by atoms with Gasteiger partial charge in [0.25, 0.3) is 11.8 Å². The minimum absolute atomic E-state index is 0.0962. The normalized spacial score (nSPS) is 10.3. The smallest absolute Gasteiger partial charge is 0.261 e. The van der Waals surface area contributed by atoms with E-state index >= 15 is 0 Å². The van der Waals surface area contributed by atoms with Crippen molar-refractivity contribution in [2.24, 2.45) is 0 Å². The number of carbonyl (C=O) groups excluding carboxylic acids is 3. The van der Waals surface area contributed by atoms with E-state index < -0.39 is 0 Å². The predicted octanol–water partition coefficient (Wildman–Crippen LogP) is 3.15. The van der Waals surface area contributed by atoms with Gasteiger partial charge in [-0.1, -0.05) is 12.1 Å². The Bertz CT molecular complexity index is 920. The summed E-state index contributed by atoms with van der Waals surface area (Å²) in [7, 11) is 0. The lowest BCUT2D eigenvalue weighted by molar-refractivity contribution is -0.115. The van der Waals surface area contributed by atoms with E-state index in [1.54, 1.807) is 30.3 Å². The Hall–Kier alpha value is -2.97. The highest BCUT2D eigenvalue weighted by Gasteiger charge is 2.09. The SMILES string of the molecule is O=C(Cc1cccs1)Nc1ccc(C(=O)NCCNC(=O)c2cccs2)cc1. The maximum absolute atomic E-state index is 12.2. The molecule has 0 spiro atoms. The first-order chi connectivity index (χ1) is 13.6. The first-order valence-corrected chi connectivity index (χ1v) is 10.4. The molecule has 0 atom stereocenters. The van der Waals surface area contributed by atoms with E-state index in [0.29, 0.717) is 35.6 Å². The first kappa shape index (κ1) is 19.8. The standard InChI is InChI=1S/C20H19N3O3S2/c24-18(13-16-3-1-11-27-16)23-15-7-5-14(6-8-15)19(25)21-9-10-22-20(26)17-4-2-12-28-17/h1-8,11-12H,9-10,13H2,(H,21,25)(H,22,26)(H,23,24). The van der Waals surface area contributed by atoms with Crippen molar-refractivity contribution >= 4 is 46.1 Å². The van der Waals surface area contributed by atoms with Gasteiger partial charge < -0.3 is 16.0 Å². The highest BCUT2D eigenvalue weighted by Crippen LogP contribution is 2.13. The Kier molecular flexibility index (Phi) is 6.94. The monoisotopic (exact) mass is 413 g/mol. The van der Waals surface area contributed by atoms with Crippen LogP contribution in [0.3, 0.4) is 0 Å². The van der Waals surface area contributed by atoms with Crippen molar-refractivity contribution in [1.29, 1.82) is 0 Å². The Balaban J connectivity index is 1.40. The average molecular weight is 414 g/mol. The molecule has 0 aliphatic heterocycles. The van der Waals surface area contributed by atoms with Gasteiger partial charge in [-0.05, 0) is 47.2 Å². The Morgan fingerprint density at radius 3 is 2.11 bits per heavy atom. The highest BCUT2D eigenvalue weighted by molar-refractivity contribution is 7.12. The molecule has 144 valence electrons. The molecule has 0 aliphatic rings. The number of carbonyl (C=O) groups is 3. The molecule has 8 heteroatoms. The Morgan fingerprint density at radius 2 is 1.46 bits per heavy atom. The maximum Gasteiger partial charge on any atom is 0.261 e. The maximum atomic E-state index is 12.2. The van der Waals surface area contributed by atoms with Crippen molar-refractivity contribution in [1.82, 2.24) is 10.6 Å². The number of thiophene rings is 2. The van der Waals surface area contributed by atoms with Gasteiger partial charge in [0.2, 0.25) is 5.91 Å². The lowest BCUT2D eigenvalue weighted by Gasteiger charge is -2.08. The number of hydrogen-bond acceptors (Lipinski definition) is 5. The molecule has 0 radical (unpaired) electrons. The summed E-state index contributed by atoms with van der Waals surface area (Å²) in [4.78, 5) is 37.6. The van der Waals surface area contributed by atoms with Crippen LogP contribution < -0.4 is 16.0 Å². The fraction of sp³-hybridized carbons (Fsp3) is 0.150. The third-order valence-electron chi connectivity index (χ3n) is 3.79. The van der Waals surface area contributed by atoms with E-state index in [9.17, 15) is 14.4 Å². The zero-order valence-electron chi connectivity index (χ0n) is 14.9. The lowest BCUT2D eigenvalue weighted by atomic mass is 10.2. The van der Waals surface area contributed by atoms with Crippen molar-refractivity contribution in [3.05, 3.63) is 74.6 Å². The molecule has 0 fully saturated rings. The molecule has 0 saturated heterocycles. The number of benzene rings is 1. The van der Waals surface area contributed by atoms with Crippen molar-refractivity contribution in [3.8, 4) is 0 Å². The molecule has 2 aromatic heterocycles. The summed E-state index contributed by atoms with van der Waals surface area (Å²) < 4.78 is 0. The van der Waals surface area contributed by atoms with E-state index in [1.165, 1.54) is 22.7 Å². The van der Waals surface area contributed by atoms with E-state index in [2.05, 4.69) is 16.0 Å². The van der Waals surface area contributed by atoms with Crippen LogP contribution in [-0.4, -0.2) is 30.8 Å². The van der Waals surface area contributed by atoms with E-state index in [1.807, 2.05) is 29.0 Å². The van der Waals surface area contributed by atoms with E-state index in [0.717, 1.165) is 4.88 Å². The van der Waals surface area contributed by atoms with Gasteiger partial charge in [-0.15, -0.1) is 22.7 Å². The third-order valence-corrected chi connectivity index (χ3v) is 5.53. The van der Waals surface area contributed by atoms with E-state index in [4.69, 9.17) is 0 Å². The number of anilines is 1. The van der Waals surface area contributed by atoms with Crippen molar-refractivity contribution < 1.29 is 14.4 Å². The summed E-state index contributed by atoms with van der Waals surface area (Å²) in [6, 6.07) is 14.1. The predicted molar refractivity (Wildman–Crippen MR) is 112 cm³/mol. The number of amides is 3. The fourth-order valence-corrected chi connectivity index (χ4v) is 3.77. The summed E-state index contributed by atoms with van der Waals surface area (Å²) in [6.45, 7) is 0.675. The third kappa shape index (κ3) is 5.77. The molecule has 3 N–H and O–H groups in total. The van der Waals surface area contributed by atoms with Crippen LogP contribution in [0.4, 0.5) is 5.69 Å². The highest BCUT2D eigenvalue weighted by atomic mass is 32.1. The van der Waals surface area contributed by atoms with Crippen LogP contribution >= 0.6 is 22.7 Å². The zero-order chi connectivity index (χ0) is 19.8. The van der Waals surface area contributed by atoms with Crippen LogP contribution in [0.15, 0.2) is 59.3 Å². The molecule has 0 bridgehead atoms. The molecule has 1 aromatic carbocycles. The summed E-state index contributed by atoms with van der Waals surface area (Å²) in [5.74, 6) is -0.477. The molecular weight excluding hydrogens is 394 g/mol. The molecule has 0 saturated carbocycles. The average Bonchev–Trinajstić information content (AvgIpc) is 3.39. The van der Waals surface area contributed by atoms with Gasteiger partial charge in [0.05, 0.1) is 11.3 Å². The summed E-state index contributed by atoms with van der Waals surface area (Å²) in [5, 5.41) is 12.1. The summed E-state index contributed by atoms with van der Waals surface area (Å²) in [5.41, 5.74) is 1.13. The quantitative estimate of drug-likeness (QED) is 0.496. The molecule has 6 nitrogen and oxygen atoms in total. The molecule has 3 amide bonds. The van der Waals surface area contributed by atoms with E-state index in [-0.39, 0.29) is 17.7 Å². The van der Waals surface area contributed by atoms with Crippen molar-refractivity contribution in [2.75, 3.05) is 18.4 Å². The van der Waals surface area contributed by atoms with Gasteiger partial charge >= 0.3 is 0 Å². The topological polar surface area (TPSA) is 87.3 Å². The molecule has 3 rings (SSSR count). The van der Waals surface area contributed by atoms with Crippen molar-refractivity contribution in [3.63, 3.8) is 0 Å². The second-order valence-electron chi connectivity index (χ2n) is 5.87. The van der Waals surface area contributed by atoms with Crippen LogP contribution in [0, 0.1) is 0 Å². The van der Waals surface area contributed by atoms with Gasteiger partial charge in [-0.2, -0.15) is 0 Å². The van der Waals surface area contributed by atoms with Crippen LogP contribution in [-0.2, 0) is 11.2 Å². The van der Waals surface area contributed by atoms with Gasteiger partial charge in [-0.3, -0.25) is 14.4 Å². The van der Waals surface area contributed by atoms with Crippen LogP contribution in [0.5, 0.6) is 0 Å². The Labute approximate surface area is 170 Å². The molecule has 2 heterocycles. The number of rotatable bonds is 8. The van der Waals surface area contributed by atoms with Crippen LogP contribution in [0.1, 0.15) is 24.9 Å². The van der Waals surface area contributed by atoms with Gasteiger partial charge in [0.15, 0.2) is 0 Å². The summed E-state index contributed by atoms with van der Waals surface area (Å²) >= 11 is 2.91. The van der Waals surface area contributed by atoms with Crippen LogP contribution in [0.2, 0.25) is 0 Å². The first-order valence-electron chi connectivity index (χ1n) is 8.64. The lowest BCUT2D eigenvalue weighted by Crippen LogP contribution is -2.34. The molecule has 3 aromatic rings. The fourth-order valence-electron chi connectivity index (χ4n) is 2.43. The van der Waals surface area contributed by atoms with Gasteiger partial charge in [0, 0.05) is 29.2 Å². The van der Waals surface area contributed by atoms with Crippen molar-refractivity contribution in [2.45, 2.75) is 6.42 Å². The summed E-state index contributed by atoms with van der Waals surface area (Å²) in [6.07, 6.45) is 0.330. The second kappa shape index (κ2) is 9.82. The number of nitrogens with one attached hydrogen (secondary N) is 3.